The summed E-state index contributed by atoms with van der Waals surface area (Å²) in [4.78, 5) is 24.5. The van der Waals surface area contributed by atoms with E-state index in [1.165, 1.54) is 4.57 Å². The number of carboxylic acids is 1. The van der Waals surface area contributed by atoms with Crippen LogP contribution in [0.2, 0.25) is 0 Å². The van der Waals surface area contributed by atoms with Crippen molar-refractivity contribution >= 4 is 5.97 Å². The molecule has 1 aromatic heterocycles. The normalized spacial score (nSPS) is 11.0. The van der Waals surface area contributed by atoms with Crippen LogP contribution in [0, 0.1) is 0 Å². The summed E-state index contributed by atoms with van der Waals surface area (Å²) in [5.74, 6) is -1.37. The maximum absolute atomic E-state index is 11.8. The average molecular weight is 298 g/mol. The zero-order valence-electron chi connectivity index (χ0n) is 12.4. The number of aliphatic carboxylic acids is 1. The van der Waals surface area contributed by atoms with E-state index >= 15 is 0 Å². The number of pyridine rings is 1. The molecule has 7 nitrogen and oxygen atoms in total. The molecular formula is C14H22N2O5. The highest BCUT2D eigenvalue weighted by Crippen LogP contribution is 2.18. The molecule has 0 fully saturated rings. The molecule has 0 atom stereocenters. The minimum absolute atomic E-state index is 0.0929. The number of hydrogen-bond acceptors (Lipinski definition) is 5. The minimum atomic E-state index is -0.981. The fourth-order valence-electron chi connectivity index (χ4n) is 2.18. The maximum atomic E-state index is 11.8. The van der Waals surface area contributed by atoms with Gasteiger partial charge in [0, 0.05) is 24.8 Å². The van der Waals surface area contributed by atoms with Crippen LogP contribution in [0.25, 0.3) is 0 Å². The standard InChI is InChI=1S/C14H22N2O5/c1-3-15(4-2)8-11-14(21)12(18)7-10(9-17)16(11)6-5-13(19)20/h7,17,21H,3-6,8-9H2,1-2H3,(H,19,20). The van der Waals surface area contributed by atoms with Crippen molar-refractivity contribution in [3.63, 3.8) is 0 Å². The van der Waals surface area contributed by atoms with Crippen LogP contribution in [0.15, 0.2) is 10.9 Å². The zero-order valence-corrected chi connectivity index (χ0v) is 12.4. The second-order valence-electron chi connectivity index (χ2n) is 4.71. The number of hydrogen-bond donors (Lipinski definition) is 3. The number of carbonyl (C=O) groups is 1. The minimum Gasteiger partial charge on any atom is -0.503 e. The molecule has 0 radical (unpaired) electrons. The van der Waals surface area contributed by atoms with Gasteiger partial charge >= 0.3 is 5.97 Å². The van der Waals surface area contributed by atoms with Crippen molar-refractivity contribution in [2.45, 2.75) is 40.0 Å². The number of aromatic nitrogens is 1. The molecule has 0 spiro atoms. The first-order chi connectivity index (χ1) is 9.94. The fraction of sp³-hybridized carbons (Fsp3) is 0.571. The molecule has 0 saturated carbocycles. The molecule has 7 heteroatoms. The first-order valence-electron chi connectivity index (χ1n) is 6.94. The van der Waals surface area contributed by atoms with E-state index in [2.05, 4.69) is 0 Å². The summed E-state index contributed by atoms with van der Waals surface area (Å²) in [6.45, 7) is 5.39. The van der Waals surface area contributed by atoms with Crippen molar-refractivity contribution < 1.29 is 20.1 Å². The summed E-state index contributed by atoms with van der Waals surface area (Å²) in [6, 6.07) is 1.14. The highest BCUT2D eigenvalue weighted by molar-refractivity contribution is 5.66. The van der Waals surface area contributed by atoms with E-state index in [-0.39, 0.29) is 25.3 Å². The first kappa shape index (κ1) is 17.2. The van der Waals surface area contributed by atoms with Crippen LogP contribution in [0.3, 0.4) is 0 Å². The van der Waals surface area contributed by atoms with Gasteiger partial charge in [-0.1, -0.05) is 13.8 Å². The van der Waals surface area contributed by atoms with Gasteiger partial charge in [-0.15, -0.1) is 0 Å². The lowest BCUT2D eigenvalue weighted by atomic mass is 10.2. The van der Waals surface area contributed by atoms with Crippen LogP contribution in [0.5, 0.6) is 5.75 Å². The monoisotopic (exact) mass is 298 g/mol. The molecule has 118 valence electrons. The summed E-state index contributed by atoms with van der Waals surface area (Å²) in [5.41, 5.74) is 0.0884. The van der Waals surface area contributed by atoms with Crippen molar-refractivity contribution in [1.29, 1.82) is 0 Å². The Morgan fingerprint density at radius 1 is 1.33 bits per heavy atom. The quantitative estimate of drug-likeness (QED) is 0.640. The Balaban J connectivity index is 3.30. The predicted molar refractivity (Wildman–Crippen MR) is 77.2 cm³/mol. The molecule has 0 aliphatic rings. The van der Waals surface area contributed by atoms with Crippen molar-refractivity contribution in [1.82, 2.24) is 9.47 Å². The fourth-order valence-corrected chi connectivity index (χ4v) is 2.18. The molecule has 0 aliphatic heterocycles. The van der Waals surface area contributed by atoms with Crippen LogP contribution in [-0.2, 0) is 24.5 Å². The Morgan fingerprint density at radius 3 is 2.43 bits per heavy atom. The summed E-state index contributed by atoms with van der Waals surface area (Å²) in [5, 5.41) is 28.2. The number of aromatic hydroxyl groups is 1. The molecular weight excluding hydrogens is 276 g/mol. The van der Waals surface area contributed by atoms with E-state index in [9.17, 15) is 19.8 Å². The first-order valence-corrected chi connectivity index (χ1v) is 6.94. The van der Waals surface area contributed by atoms with Crippen LogP contribution in [0.1, 0.15) is 31.7 Å². The van der Waals surface area contributed by atoms with Crippen LogP contribution in [0.4, 0.5) is 0 Å². The number of aliphatic hydroxyl groups is 1. The third kappa shape index (κ3) is 4.30. The lowest BCUT2D eigenvalue weighted by Gasteiger charge is -2.23. The Kier molecular flexibility index (Phi) is 6.39. The van der Waals surface area contributed by atoms with Crippen molar-refractivity contribution in [3.05, 3.63) is 27.7 Å². The van der Waals surface area contributed by atoms with Gasteiger partial charge in [0.25, 0.3) is 0 Å². The Labute approximate surface area is 123 Å². The van der Waals surface area contributed by atoms with E-state index in [0.29, 0.717) is 17.9 Å². The molecule has 1 rings (SSSR count). The molecule has 0 aliphatic carbocycles. The average Bonchev–Trinajstić information content (AvgIpc) is 2.46. The van der Waals surface area contributed by atoms with Crippen molar-refractivity contribution in [3.8, 4) is 5.75 Å². The molecule has 1 heterocycles. The van der Waals surface area contributed by atoms with Crippen molar-refractivity contribution in [2.24, 2.45) is 0 Å². The SMILES string of the molecule is CCN(CC)Cc1c(O)c(=O)cc(CO)n1CCC(=O)O. The smallest absolute Gasteiger partial charge is 0.305 e. The van der Waals surface area contributed by atoms with Crippen LogP contribution >= 0.6 is 0 Å². The molecule has 0 aromatic carbocycles. The van der Waals surface area contributed by atoms with Gasteiger partial charge < -0.3 is 19.9 Å². The van der Waals surface area contributed by atoms with Gasteiger partial charge in [0.05, 0.1) is 18.7 Å². The molecule has 0 bridgehead atoms. The van der Waals surface area contributed by atoms with E-state index in [1.807, 2.05) is 18.7 Å². The Morgan fingerprint density at radius 2 is 1.95 bits per heavy atom. The topological polar surface area (TPSA) is 103 Å². The summed E-state index contributed by atoms with van der Waals surface area (Å²) in [6.07, 6.45) is -0.152. The number of aliphatic hydroxyl groups excluding tert-OH is 1. The second-order valence-corrected chi connectivity index (χ2v) is 4.71. The number of carboxylic acid groups (broad SMARTS) is 1. The largest absolute Gasteiger partial charge is 0.503 e. The van der Waals surface area contributed by atoms with Gasteiger partial charge in [-0.25, -0.2) is 0 Å². The van der Waals surface area contributed by atoms with E-state index in [0.717, 1.165) is 19.2 Å². The van der Waals surface area contributed by atoms with E-state index in [4.69, 9.17) is 5.11 Å². The van der Waals surface area contributed by atoms with Crippen molar-refractivity contribution in [2.75, 3.05) is 13.1 Å². The van der Waals surface area contributed by atoms with Crippen LogP contribution in [-0.4, -0.2) is 43.8 Å². The van der Waals surface area contributed by atoms with Gasteiger partial charge in [0.15, 0.2) is 5.75 Å². The third-order valence-corrected chi connectivity index (χ3v) is 3.46. The predicted octanol–water partition coefficient (Wildman–Crippen LogP) is 0.363. The number of nitrogens with zero attached hydrogens (tertiary/aromatic N) is 2. The molecule has 0 amide bonds. The Hall–Kier alpha value is -1.86. The zero-order chi connectivity index (χ0) is 16.0. The summed E-state index contributed by atoms with van der Waals surface area (Å²) >= 11 is 0. The van der Waals surface area contributed by atoms with Gasteiger partial charge in [-0.05, 0) is 13.1 Å². The summed E-state index contributed by atoms with van der Waals surface area (Å²) < 4.78 is 1.52. The van der Waals surface area contributed by atoms with E-state index < -0.39 is 11.4 Å². The molecule has 0 unspecified atom stereocenters. The van der Waals surface area contributed by atoms with Gasteiger partial charge in [0.1, 0.15) is 0 Å². The van der Waals surface area contributed by atoms with Crippen LogP contribution < -0.4 is 5.43 Å². The number of rotatable bonds is 8. The van der Waals surface area contributed by atoms with Gasteiger partial charge in [-0.2, -0.15) is 0 Å². The van der Waals surface area contributed by atoms with Gasteiger partial charge in [0.2, 0.25) is 5.43 Å². The van der Waals surface area contributed by atoms with E-state index in [1.54, 1.807) is 0 Å². The molecule has 1 aromatic rings. The summed E-state index contributed by atoms with van der Waals surface area (Å²) in [7, 11) is 0. The third-order valence-electron chi connectivity index (χ3n) is 3.46. The van der Waals surface area contributed by atoms with Gasteiger partial charge in [-0.3, -0.25) is 14.5 Å². The maximum Gasteiger partial charge on any atom is 0.305 e. The molecule has 21 heavy (non-hydrogen) atoms. The molecule has 3 N–H and O–H groups in total. The Bertz CT molecular complexity index is 549. The lowest BCUT2D eigenvalue weighted by molar-refractivity contribution is -0.137. The highest BCUT2D eigenvalue weighted by Gasteiger charge is 2.17. The lowest BCUT2D eigenvalue weighted by Crippen LogP contribution is -2.28. The highest BCUT2D eigenvalue weighted by atomic mass is 16.4. The molecule has 0 saturated heterocycles. The second kappa shape index (κ2) is 7.80.